The van der Waals surface area contributed by atoms with Crippen LogP contribution in [0.4, 0.5) is 4.39 Å². The van der Waals surface area contributed by atoms with E-state index in [4.69, 9.17) is 9.15 Å². The van der Waals surface area contributed by atoms with Gasteiger partial charge in [0.15, 0.2) is 0 Å². The Morgan fingerprint density at radius 2 is 2.00 bits per heavy atom. The third kappa shape index (κ3) is 5.46. The van der Waals surface area contributed by atoms with E-state index >= 15 is 0 Å². The molecule has 1 aliphatic carbocycles. The summed E-state index contributed by atoms with van der Waals surface area (Å²) in [5, 5.41) is 14.2. The number of rotatable bonds is 11. The molecular formula is C26H29FN2O3. The number of benzene rings is 2. The number of ether oxygens (including phenoxy) is 1. The standard InChI is InChI=1S/C26H29FN2O3/c1-2-4-23(31-12-3-5-17-6-7-17)26(30)29-20(16-28)13-18-8-10-21-22-11-9-19(27)15-25(22)32-24(21)14-18/h8-11,14-15,17,20,23H,2-7,12-13H2,1H3,(H,29,30)/t20?,23-/m0/s1. The lowest BCUT2D eigenvalue weighted by molar-refractivity contribution is -0.133. The molecule has 3 aromatic rings. The van der Waals surface area contributed by atoms with E-state index in [1.54, 1.807) is 6.07 Å². The summed E-state index contributed by atoms with van der Waals surface area (Å²) in [6.45, 7) is 2.60. The van der Waals surface area contributed by atoms with Gasteiger partial charge in [-0.1, -0.05) is 38.3 Å². The second kappa shape index (κ2) is 10.1. The van der Waals surface area contributed by atoms with Gasteiger partial charge >= 0.3 is 0 Å². The van der Waals surface area contributed by atoms with Gasteiger partial charge in [-0.15, -0.1) is 0 Å². The molecule has 1 aromatic heterocycles. The first-order valence-electron chi connectivity index (χ1n) is 11.5. The van der Waals surface area contributed by atoms with Crippen LogP contribution in [0.15, 0.2) is 40.8 Å². The first kappa shape index (κ1) is 22.3. The predicted octanol–water partition coefficient (Wildman–Crippen LogP) is 5.65. The molecule has 0 spiro atoms. The molecule has 0 saturated heterocycles. The molecule has 1 fully saturated rings. The Balaban J connectivity index is 1.38. The molecule has 1 amide bonds. The third-order valence-electron chi connectivity index (χ3n) is 6.03. The second-order valence-electron chi connectivity index (χ2n) is 8.70. The highest BCUT2D eigenvalue weighted by molar-refractivity contribution is 6.04. The van der Waals surface area contributed by atoms with Gasteiger partial charge in [0.1, 0.15) is 29.1 Å². The monoisotopic (exact) mass is 436 g/mol. The molecule has 1 aliphatic rings. The van der Waals surface area contributed by atoms with Gasteiger partial charge < -0.3 is 14.5 Å². The average Bonchev–Trinajstić information content (AvgIpc) is 3.54. The molecule has 2 atom stereocenters. The van der Waals surface area contributed by atoms with Crippen LogP contribution < -0.4 is 5.32 Å². The van der Waals surface area contributed by atoms with E-state index < -0.39 is 12.1 Å². The molecule has 6 heteroatoms. The molecule has 1 N–H and O–H groups in total. The molecule has 1 unspecified atom stereocenters. The van der Waals surface area contributed by atoms with Crippen molar-refractivity contribution in [2.24, 2.45) is 5.92 Å². The van der Waals surface area contributed by atoms with Gasteiger partial charge in [0, 0.05) is 29.9 Å². The molecule has 4 rings (SSSR count). The zero-order valence-corrected chi connectivity index (χ0v) is 18.4. The molecule has 2 aromatic carbocycles. The maximum atomic E-state index is 13.5. The first-order valence-corrected chi connectivity index (χ1v) is 11.5. The van der Waals surface area contributed by atoms with Gasteiger partial charge in [-0.05, 0) is 48.9 Å². The predicted molar refractivity (Wildman–Crippen MR) is 122 cm³/mol. The Bertz CT molecular complexity index is 1130. The highest BCUT2D eigenvalue weighted by Crippen LogP contribution is 2.33. The van der Waals surface area contributed by atoms with Crippen LogP contribution in [0, 0.1) is 23.1 Å². The zero-order chi connectivity index (χ0) is 22.5. The van der Waals surface area contributed by atoms with E-state index in [1.807, 2.05) is 25.1 Å². The lowest BCUT2D eigenvalue weighted by atomic mass is 10.0. The maximum Gasteiger partial charge on any atom is 0.250 e. The van der Waals surface area contributed by atoms with Crippen molar-refractivity contribution in [3.05, 3.63) is 47.8 Å². The first-order chi connectivity index (χ1) is 15.6. The molecule has 32 heavy (non-hydrogen) atoms. The summed E-state index contributed by atoms with van der Waals surface area (Å²) in [6.07, 6.45) is 6.07. The smallest absolute Gasteiger partial charge is 0.250 e. The topological polar surface area (TPSA) is 75.3 Å². The Morgan fingerprint density at radius 3 is 2.72 bits per heavy atom. The summed E-state index contributed by atoms with van der Waals surface area (Å²) in [5.74, 6) is 0.272. The van der Waals surface area contributed by atoms with Gasteiger partial charge in [-0.25, -0.2) is 4.39 Å². The summed E-state index contributed by atoms with van der Waals surface area (Å²) in [6, 6.07) is 11.7. The van der Waals surface area contributed by atoms with Crippen LogP contribution >= 0.6 is 0 Å². The van der Waals surface area contributed by atoms with Crippen molar-refractivity contribution in [1.82, 2.24) is 5.32 Å². The summed E-state index contributed by atoms with van der Waals surface area (Å²) < 4.78 is 25.1. The minimum Gasteiger partial charge on any atom is -0.456 e. The number of hydrogen-bond donors (Lipinski definition) is 1. The number of halogens is 1. The van der Waals surface area contributed by atoms with E-state index in [-0.39, 0.29) is 11.7 Å². The number of nitriles is 1. The number of fused-ring (bicyclic) bond motifs is 3. The largest absolute Gasteiger partial charge is 0.456 e. The van der Waals surface area contributed by atoms with Crippen LogP contribution in [-0.2, 0) is 16.0 Å². The minimum atomic E-state index is -0.670. The molecule has 1 saturated carbocycles. The van der Waals surface area contributed by atoms with Gasteiger partial charge in [-0.2, -0.15) is 5.26 Å². The Kier molecular flexibility index (Phi) is 7.06. The molecule has 0 aliphatic heterocycles. The minimum absolute atomic E-state index is 0.231. The van der Waals surface area contributed by atoms with Crippen molar-refractivity contribution in [2.45, 2.75) is 64.0 Å². The number of hydrogen-bond acceptors (Lipinski definition) is 4. The summed E-state index contributed by atoms with van der Waals surface area (Å²) in [4.78, 5) is 12.8. The van der Waals surface area contributed by atoms with Crippen LogP contribution in [0.2, 0.25) is 0 Å². The van der Waals surface area contributed by atoms with E-state index in [0.717, 1.165) is 41.5 Å². The fourth-order valence-corrected chi connectivity index (χ4v) is 4.11. The molecule has 0 bridgehead atoms. The SMILES string of the molecule is CCC[C@H](OCCCC1CC1)C(=O)NC(C#N)Cc1ccc2c(c1)oc1cc(F)ccc12. The van der Waals surface area contributed by atoms with E-state index in [0.29, 0.717) is 30.6 Å². The van der Waals surface area contributed by atoms with Gasteiger partial charge in [-0.3, -0.25) is 4.79 Å². The third-order valence-corrected chi connectivity index (χ3v) is 6.03. The number of amides is 1. The van der Waals surface area contributed by atoms with Crippen molar-refractivity contribution in [3.8, 4) is 6.07 Å². The molecule has 5 nitrogen and oxygen atoms in total. The highest BCUT2D eigenvalue weighted by Gasteiger charge is 2.23. The molecule has 0 radical (unpaired) electrons. The number of nitrogens with one attached hydrogen (secondary N) is 1. The Morgan fingerprint density at radius 1 is 1.25 bits per heavy atom. The van der Waals surface area contributed by atoms with E-state index in [2.05, 4.69) is 11.4 Å². The fourth-order valence-electron chi connectivity index (χ4n) is 4.11. The van der Waals surface area contributed by atoms with Gasteiger partial charge in [0.05, 0.1) is 6.07 Å². The second-order valence-corrected chi connectivity index (χ2v) is 8.70. The Hall–Kier alpha value is -2.91. The lowest BCUT2D eigenvalue weighted by Crippen LogP contribution is -2.43. The molecule has 1 heterocycles. The summed E-state index contributed by atoms with van der Waals surface area (Å²) in [7, 11) is 0. The quantitative estimate of drug-likeness (QED) is 0.394. The van der Waals surface area contributed by atoms with Crippen LogP contribution in [0.1, 0.15) is 51.0 Å². The van der Waals surface area contributed by atoms with E-state index in [1.165, 1.54) is 25.0 Å². The van der Waals surface area contributed by atoms with Crippen LogP contribution in [0.3, 0.4) is 0 Å². The molecule has 168 valence electrons. The van der Waals surface area contributed by atoms with Crippen molar-refractivity contribution in [3.63, 3.8) is 0 Å². The van der Waals surface area contributed by atoms with Crippen molar-refractivity contribution in [2.75, 3.05) is 6.61 Å². The van der Waals surface area contributed by atoms with Crippen molar-refractivity contribution >= 4 is 27.8 Å². The van der Waals surface area contributed by atoms with Crippen LogP contribution in [0.5, 0.6) is 0 Å². The summed E-state index contributed by atoms with van der Waals surface area (Å²) in [5.41, 5.74) is 1.98. The highest BCUT2D eigenvalue weighted by atomic mass is 19.1. The summed E-state index contributed by atoms with van der Waals surface area (Å²) >= 11 is 0. The van der Waals surface area contributed by atoms with Crippen LogP contribution in [-0.4, -0.2) is 24.7 Å². The lowest BCUT2D eigenvalue weighted by Gasteiger charge is -2.19. The van der Waals surface area contributed by atoms with E-state index in [9.17, 15) is 14.4 Å². The molecular weight excluding hydrogens is 407 g/mol. The number of carbonyl (C=O) groups excluding carboxylic acids is 1. The fraction of sp³-hybridized carbons (Fsp3) is 0.462. The zero-order valence-electron chi connectivity index (χ0n) is 18.4. The maximum absolute atomic E-state index is 13.5. The number of furan rings is 1. The van der Waals surface area contributed by atoms with Crippen LogP contribution in [0.25, 0.3) is 21.9 Å². The van der Waals surface area contributed by atoms with Gasteiger partial charge in [0.25, 0.3) is 0 Å². The number of carbonyl (C=O) groups is 1. The number of nitrogens with zero attached hydrogens (tertiary/aromatic N) is 1. The Labute approximate surface area is 187 Å². The van der Waals surface area contributed by atoms with Gasteiger partial charge in [0.2, 0.25) is 5.91 Å². The van der Waals surface area contributed by atoms with Crippen molar-refractivity contribution < 1.29 is 18.3 Å². The normalized spacial score (nSPS) is 15.5. The van der Waals surface area contributed by atoms with Crippen molar-refractivity contribution in [1.29, 1.82) is 5.26 Å². The average molecular weight is 437 g/mol.